The van der Waals surface area contributed by atoms with Gasteiger partial charge in [0.15, 0.2) is 17.5 Å². The fourth-order valence-electron chi connectivity index (χ4n) is 8.49. The van der Waals surface area contributed by atoms with Crippen LogP contribution in [-0.2, 0) is 0 Å². The van der Waals surface area contributed by atoms with E-state index in [-0.39, 0.29) is 0 Å². The van der Waals surface area contributed by atoms with Crippen LogP contribution < -0.4 is 0 Å². The highest BCUT2D eigenvalue weighted by atomic mass is 15.0. The zero-order valence-corrected chi connectivity index (χ0v) is 32.7. The molecule has 11 rings (SSSR count). The second-order valence-electron chi connectivity index (χ2n) is 15.2. The molecule has 0 fully saturated rings. The lowest BCUT2D eigenvalue weighted by Crippen LogP contribution is -2.02. The summed E-state index contributed by atoms with van der Waals surface area (Å²) >= 11 is 0. The summed E-state index contributed by atoms with van der Waals surface area (Å²) in [5.41, 5.74) is 11.9. The van der Waals surface area contributed by atoms with Gasteiger partial charge in [0.05, 0.1) is 0 Å². The Kier molecular flexibility index (Phi) is 8.83. The van der Waals surface area contributed by atoms with Gasteiger partial charge in [-0.05, 0) is 107 Å². The molecule has 0 bridgehead atoms. The molecule has 0 unspecified atom stereocenters. The Morgan fingerprint density at radius 2 is 0.683 bits per heavy atom. The molecule has 3 nitrogen and oxygen atoms in total. The molecule has 60 heavy (non-hydrogen) atoms. The summed E-state index contributed by atoms with van der Waals surface area (Å²) in [4.78, 5) is 15.9. The Hall–Kier alpha value is -8.01. The maximum Gasteiger partial charge on any atom is 0.164 e. The van der Waals surface area contributed by atoms with Gasteiger partial charge in [0, 0.05) is 16.7 Å². The predicted molar refractivity (Wildman–Crippen MR) is 250 cm³/mol. The van der Waals surface area contributed by atoms with Gasteiger partial charge in [0.2, 0.25) is 0 Å². The SMILES string of the molecule is c1ccc(-c2cc(-c3nc(-c4cccc(-c5ccc6cc(-c7cccc8ccccc78)ccc6c5)c4)nc(-c4ccccc4-c4ccccc4)n3)c3ccccc3c2)cc1. The van der Waals surface area contributed by atoms with E-state index in [0.717, 1.165) is 60.8 Å². The summed E-state index contributed by atoms with van der Waals surface area (Å²) in [6, 6.07) is 79.5. The van der Waals surface area contributed by atoms with E-state index in [2.05, 4.69) is 218 Å². The van der Waals surface area contributed by atoms with Crippen LogP contribution >= 0.6 is 0 Å². The third-order valence-corrected chi connectivity index (χ3v) is 11.5. The molecule has 1 aromatic heterocycles. The van der Waals surface area contributed by atoms with Crippen LogP contribution in [0.3, 0.4) is 0 Å². The summed E-state index contributed by atoms with van der Waals surface area (Å²) in [5.74, 6) is 1.88. The van der Waals surface area contributed by atoms with Crippen LogP contribution in [0.5, 0.6) is 0 Å². The molecular formula is C57H37N3. The lowest BCUT2D eigenvalue weighted by molar-refractivity contribution is 1.08. The minimum absolute atomic E-state index is 0.620. The van der Waals surface area contributed by atoms with Gasteiger partial charge in [0.25, 0.3) is 0 Å². The minimum Gasteiger partial charge on any atom is -0.208 e. The monoisotopic (exact) mass is 763 g/mol. The van der Waals surface area contributed by atoms with Crippen molar-refractivity contribution in [1.29, 1.82) is 0 Å². The molecule has 3 heteroatoms. The first-order valence-corrected chi connectivity index (χ1v) is 20.3. The van der Waals surface area contributed by atoms with E-state index in [0.29, 0.717) is 17.5 Å². The largest absolute Gasteiger partial charge is 0.208 e. The first-order chi connectivity index (χ1) is 29.7. The van der Waals surface area contributed by atoms with Crippen LogP contribution in [0.15, 0.2) is 224 Å². The van der Waals surface area contributed by atoms with Crippen molar-refractivity contribution in [2.45, 2.75) is 0 Å². The van der Waals surface area contributed by atoms with Crippen LogP contribution in [0.2, 0.25) is 0 Å². The second-order valence-corrected chi connectivity index (χ2v) is 15.2. The molecule has 11 aromatic rings. The van der Waals surface area contributed by atoms with E-state index in [1.807, 2.05) is 6.07 Å². The molecule has 0 aliphatic heterocycles. The Morgan fingerprint density at radius 3 is 1.47 bits per heavy atom. The van der Waals surface area contributed by atoms with Crippen LogP contribution in [0.4, 0.5) is 0 Å². The summed E-state index contributed by atoms with van der Waals surface area (Å²) in [6.07, 6.45) is 0. The molecule has 0 aliphatic carbocycles. The molecule has 1 heterocycles. The van der Waals surface area contributed by atoms with E-state index in [1.54, 1.807) is 0 Å². The Labute approximate surface area is 349 Å². The fraction of sp³-hybridized carbons (Fsp3) is 0. The van der Waals surface area contributed by atoms with Crippen LogP contribution in [0, 0.1) is 0 Å². The summed E-state index contributed by atoms with van der Waals surface area (Å²) in [6.45, 7) is 0. The van der Waals surface area contributed by atoms with Gasteiger partial charge in [0.1, 0.15) is 0 Å². The van der Waals surface area contributed by atoms with Gasteiger partial charge < -0.3 is 0 Å². The highest BCUT2D eigenvalue weighted by Gasteiger charge is 2.18. The Morgan fingerprint density at radius 1 is 0.200 bits per heavy atom. The average Bonchev–Trinajstić information content (AvgIpc) is 3.33. The fourth-order valence-corrected chi connectivity index (χ4v) is 8.49. The number of hydrogen-bond acceptors (Lipinski definition) is 3. The first-order valence-electron chi connectivity index (χ1n) is 20.3. The highest BCUT2D eigenvalue weighted by molar-refractivity contribution is 6.01. The number of rotatable bonds is 7. The number of benzene rings is 10. The highest BCUT2D eigenvalue weighted by Crippen LogP contribution is 2.38. The van der Waals surface area contributed by atoms with Crippen molar-refractivity contribution in [3.63, 3.8) is 0 Å². The smallest absolute Gasteiger partial charge is 0.164 e. The van der Waals surface area contributed by atoms with E-state index in [9.17, 15) is 0 Å². The van der Waals surface area contributed by atoms with E-state index in [1.165, 1.54) is 32.7 Å². The zero-order valence-electron chi connectivity index (χ0n) is 32.7. The van der Waals surface area contributed by atoms with Gasteiger partial charge in [-0.25, -0.2) is 15.0 Å². The molecule has 10 aromatic carbocycles. The quantitative estimate of drug-likeness (QED) is 0.162. The maximum absolute atomic E-state index is 5.31. The predicted octanol–water partition coefficient (Wildman–Crippen LogP) is 15.0. The molecule has 0 aliphatic rings. The van der Waals surface area contributed by atoms with E-state index >= 15 is 0 Å². The lowest BCUT2D eigenvalue weighted by atomic mass is 9.94. The van der Waals surface area contributed by atoms with Gasteiger partial charge in [-0.2, -0.15) is 0 Å². The number of hydrogen-bond donors (Lipinski definition) is 0. The van der Waals surface area contributed by atoms with Crippen LogP contribution in [0.25, 0.3) is 111 Å². The molecule has 0 spiro atoms. The second kappa shape index (κ2) is 15.1. The van der Waals surface area contributed by atoms with Crippen molar-refractivity contribution in [3.05, 3.63) is 224 Å². The Balaban J connectivity index is 1.05. The van der Waals surface area contributed by atoms with Crippen LogP contribution in [-0.4, -0.2) is 15.0 Å². The number of aromatic nitrogens is 3. The number of nitrogens with zero attached hydrogens (tertiary/aromatic N) is 3. The van der Waals surface area contributed by atoms with Crippen LogP contribution in [0.1, 0.15) is 0 Å². The lowest BCUT2D eigenvalue weighted by Gasteiger charge is -2.14. The van der Waals surface area contributed by atoms with Crippen molar-refractivity contribution in [1.82, 2.24) is 15.0 Å². The normalized spacial score (nSPS) is 11.3. The molecule has 0 atom stereocenters. The molecule has 280 valence electrons. The van der Waals surface area contributed by atoms with Crippen molar-refractivity contribution in [2.24, 2.45) is 0 Å². The Bertz CT molecular complexity index is 3370. The van der Waals surface area contributed by atoms with Crippen molar-refractivity contribution in [3.8, 4) is 78.7 Å². The maximum atomic E-state index is 5.31. The van der Waals surface area contributed by atoms with Gasteiger partial charge in [-0.3, -0.25) is 0 Å². The summed E-state index contributed by atoms with van der Waals surface area (Å²) in [5, 5.41) is 7.12. The van der Waals surface area contributed by atoms with E-state index in [4.69, 9.17) is 15.0 Å². The first kappa shape index (κ1) is 35.2. The van der Waals surface area contributed by atoms with Crippen molar-refractivity contribution in [2.75, 3.05) is 0 Å². The third kappa shape index (κ3) is 6.58. The van der Waals surface area contributed by atoms with Crippen molar-refractivity contribution < 1.29 is 0 Å². The zero-order chi connectivity index (χ0) is 39.8. The molecular weight excluding hydrogens is 727 g/mol. The summed E-state index contributed by atoms with van der Waals surface area (Å²) in [7, 11) is 0. The van der Waals surface area contributed by atoms with Gasteiger partial charge >= 0.3 is 0 Å². The standard InChI is InChI=1S/C57H37N3/c1-3-15-38(16-4-1)48-36-45-20-8-10-26-52(45)54(37-48)57-59-55(58-56(60-57)53-27-12-11-25-50(53)39-17-5-2-6-18-39)47-23-13-22-41(35-47)42-29-30-44-34-46(32-31-43(44)33-42)51-28-14-21-40-19-7-9-24-49(40)51/h1-37H. The molecule has 0 radical (unpaired) electrons. The number of fused-ring (bicyclic) bond motifs is 3. The minimum atomic E-state index is 0.620. The molecule has 0 amide bonds. The summed E-state index contributed by atoms with van der Waals surface area (Å²) < 4.78 is 0. The molecule has 0 saturated carbocycles. The van der Waals surface area contributed by atoms with Gasteiger partial charge in [-0.15, -0.1) is 0 Å². The van der Waals surface area contributed by atoms with E-state index < -0.39 is 0 Å². The average molecular weight is 764 g/mol. The molecule has 0 N–H and O–H groups in total. The topological polar surface area (TPSA) is 38.7 Å². The third-order valence-electron chi connectivity index (χ3n) is 11.5. The van der Waals surface area contributed by atoms with Gasteiger partial charge in [-0.1, -0.05) is 194 Å². The van der Waals surface area contributed by atoms with Crippen molar-refractivity contribution >= 4 is 32.3 Å². The molecule has 0 saturated heterocycles.